The maximum absolute atomic E-state index is 12.7. The Kier molecular flexibility index (Phi) is 7.89. The fourth-order valence-electron chi connectivity index (χ4n) is 3.11. The van der Waals surface area contributed by atoms with Crippen molar-refractivity contribution in [2.24, 2.45) is 5.41 Å². The first-order valence-corrected chi connectivity index (χ1v) is 10.5. The van der Waals surface area contributed by atoms with Gasteiger partial charge in [0.25, 0.3) is 0 Å². The number of benzene rings is 1. The van der Waals surface area contributed by atoms with Crippen LogP contribution in [0.4, 0.5) is 10.5 Å². The monoisotopic (exact) mass is 435 g/mol. The van der Waals surface area contributed by atoms with Gasteiger partial charge in [0, 0.05) is 23.8 Å². The van der Waals surface area contributed by atoms with Gasteiger partial charge in [-0.1, -0.05) is 25.5 Å². The maximum atomic E-state index is 12.7. The second-order valence-corrected chi connectivity index (χ2v) is 8.24. The molecule has 0 aromatic heterocycles. The Bertz CT molecular complexity index is 833. The van der Waals surface area contributed by atoms with Crippen molar-refractivity contribution in [1.29, 1.82) is 0 Å². The average molecular weight is 436 g/mol. The Labute approximate surface area is 182 Å². The molecule has 0 spiro atoms. The van der Waals surface area contributed by atoms with Crippen LogP contribution in [0, 0.1) is 5.41 Å². The number of esters is 1. The SMILES string of the molecule is CCCCN1C(=O)NC(c2ccc(NC(=O)C(C)(C)CCl)cc2)C(C(=O)OC)=C1C. The van der Waals surface area contributed by atoms with E-state index in [0.29, 0.717) is 29.1 Å². The van der Waals surface area contributed by atoms with Crippen LogP contribution in [-0.2, 0) is 14.3 Å². The summed E-state index contributed by atoms with van der Waals surface area (Å²) in [4.78, 5) is 39.1. The number of carbonyl (C=O) groups is 3. The molecule has 1 aliphatic rings. The molecular formula is C22H30ClN3O4. The summed E-state index contributed by atoms with van der Waals surface area (Å²) in [5.41, 5.74) is 1.61. The van der Waals surface area contributed by atoms with Gasteiger partial charge in [-0.2, -0.15) is 0 Å². The summed E-state index contributed by atoms with van der Waals surface area (Å²) in [6.45, 7) is 7.86. The van der Waals surface area contributed by atoms with E-state index in [4.69, 9.17) is 16.3 Å². The third-order valence-corrected chi connectivity index (χ3v) is 5.86. The first-order chi connectivity index (χ1) is 14.2. The molecule has 1 unspecified atom stereocenters. The summed E-state index contributed by atoms with van der Waals surface area (Å²) >= 11 is 5.86. The number of rotatable bonds is 8. The van der Waals surface area contributed by atoms with Crippen LogP contribution < -0.4 is 10.6 Å². The van der Waals surface area contributed by atoms with Gasteiger partial charge in [-0.25, -0.2) is 9.59 Å². The zero-order valence-electron chi connectivity index (χ0n) is 18.2. The number of hydrogen-bond donors (Lipinski definition) is 2. The molecule has 0 bridgehead atoms. The van der Waals surface area contributed by atoms with E-state index in [1.165, 1.54) is 7.11 Å². The number of unbranched alkanes of at least 4 members (excludes halogenated alkanes) is 1. The van der Waals surface area contributed by atoms with Crippen LogP contribution in [0.5, 0.6) is 0 Å². The number of methoxy groups -OCH3 is 1. The van der Waals surface area contributed by atoms with Gasteiger partial charge in [0.15, 0.2) is 0 Å². The normalized spacial score (nSPS) is 16.9. The van der Waals surface area contributed by atoms with Gasteiger partial charge < -0.3 is 15.4 Å². The van der Waals surface area contributed by atoms with Gasteiger partial charge in [-0.15, -0.1) is 11.6 Å². The number of allylic oxidation sites excluding steroid dienone is 1. The highest BCUT2D eigenvalue weighted by Crippen LogP contribution is 2.32. The second-order valence-electron chi connectivity index (χ2n) is 7.97. The van der Waals surface area contributed by atoms with Gasteiger partial charge >= 0.3 is 12.0 Å². The van der Waals surface area contributed by atoms with E-state index in [2.05, 4.69) is 10.6 Å². The summed E-state index contributed by atoms with van der Waals surface area (Å²) in [5.74, 6) is -0.472. The van der Waals surface area contributed by atoms with Crippen molar-refractivity contribution in [2.75, 3.05) is 24.9 Å². The number of amides is 3. The Morgan fingerprint density at radius 3 is 2.43 bits per heavy atom. The number of carbonyl (C=O) groups excluding carboxylic acids is 3. The largest absolute Gasteiger partial charge is 0.466 e. The lowest BCUT2D eigenvalue weighted by Crippen LogP contribution is -2.48. The number of urea groups is 1. The molecule has 0 fully saturated rings. The van der Waals surface area contributed by atoms with Crippen molar-refractivity contribution in [3.05, 3.63) is 41.1 Å². The van der Waals surface area contributed by atoms with Gasteiger partial charge in [0.1, 0.15) is 0 Å². The Balaban J connectivity index is 2.32. The van der Waals surface area contributed by atoms with Crippen molar-refractivity contribution in [2.45, 2.75) is 46.6 Å². The summed E-state index contributed by atoms with van der Waals surface area (Å²) in [6, 6.07) is 6.12. The smallest absolute Gasteiger partial charge is 0.337 e. The standard InChI is InChI=1S/C22H30ClN3O4/c1-6-7-12-26-14(2)17(19(27)30-5)18(25-21(26)29)15-8-10-16(11-9-15)24-20(28)22(3,4)13-23/h8-11,18H,6-7,12-13H2,1-5H3,(H,24,28)(H,25,29). The van der Waals surface area contributed by atoms with Crippen LogP contribution in [0.3, 0.4) is 0 Å². The molecule has 8 heteroatoms. The van der Waals surface area contributed by atoms with Crippen LogP contribution in [0.25, 0.3) is 0 Å². The Hall–Kier alpha value is -2.54. The van der Waals surface area contributed by atoms with Crippen LogP contribution in [0.2, 0.25) is 0 Å². The van der Waals surface area contributed by atoms with E-state index in [9.17, 15) is 14.4 Å². The fourth-order valence-corrected chi connectivity index (χ4v) is 3.23. The number of halogens is 1. The van der Waals surface area contributed by atoms with Gasteiger partial charge in [0.05, 0.1) is 24.1 Å². The van der Waals surface area contributed by atoms with E-state index < -0.39 is 17.4 Å². The van der Waals surface area contributed by atoms with E-state index in [0.717, 1.165) is 12.8 Å². The summed E-state index contributed by atoms with van der Waals surface area (Å²) < 4.78 is 4.98. The number of hydrogen-bond acceptors (Lipinski definition) is 4. The van der Waals surface area contributed by atoms with Crippen molar-refractivity contribution in [3.8, 4) is 0 Å². The van der Waals surface area contributed by atoms with E-state index in [-0.39, 0.29) is 17.8 Å². The van der Waals surface area contributed by atoms with Crippen molar-refractivity contribution in [3.63, 3.8) is 0 Å². The van der Waals surface area contributed by atoms with E-state index in [1.807, 2.05) is 6.92 Å². The van der Waals surface area contributed by atoms with Crippen LogP contribution in [-0.4, -0.2) is 42.3 Å². The maximum Gasteiger partial charge on any atom is 0.337 e. The number of anilines is 1. The molecule has 2 N–H and O–H groups in total. The van der Waals surface area contributed by atoms with Crippen molar-refractivity contribution < 1.29 is 19.1 Å². The van der Waals surface area contributed by atoms with Crippen LogP contribution in [0.1, 0.15) is 52.1 Å². The number of ether oxygens (including phenoxy) is 1. The van der Waals surface area contributed by atoms with Crippen LogP contribution in [0.15, 0.2) is 35.5 Å². The summed E-state index contributed by atoms with van der Waals surface area (Å²) in [5, 5.41) is 5.74. The van der Waals surface area contributed by atoms with Crippen molar-refractivity contribution >= 4 is 35.2 Å². The molecule has 0 saturated heterocycles. The minimum absolute atomic E-state index is 0.186. The summed E-state index contributed by atoms with van der Waals surface area (Å²) in [7, 11) is 1.32. The van der Waals surface area contributed by atoms with Crippen molar-refractivity contribution in [1.82, 2.24) is 10.2 Å². The van der Waals surface area contributed by atoms with E-state index >= 15 is 0 Å². The molecule has 1 aliphatic heterocycles. The molecule has 1 heterocycles. The molecule has 0 radical (unpaired) electrons. The minimum Gasteiger partial charge on any atom is -0.466 e. The third kappa shape index (κ3) is 5.14. The van der Waals surface area contributed by atoms with Crippen LogP contribution >= 0.6 is 11.6 Å². The average Bonchev–Trinajstić information content (AvgIpc) is 2.73. The van der Waals surface area contributed by atoms with Gasteiger partial charge in [-0.05, 0) is 44.9 Å². The molecule has 0 saturated carbocycles. The second kappa shape index (κ2) is 9.98. The predicted octanol–water partition coefficient (Wildman–Crippen LogP) is 4.20. The molecule has 1 atom stereocenters. The first-order valence-electron chi connectivity index (χ1n) is 10.0. The predicted molar refractivity (Wildman–Crippen MR) is 117 cm³/mol. The van der Waals surface area contributed by atoms with E-state index in [1.54, 1.807) is 49.9 Å². The first kappa shape index (κ1) is 23.7. The summed E-state index contributed by atoms with van der Waals surface area (Å²) in [6.07, 6.45) is 1.76. The number of nitrogens with one attached hydrogen (secondary N) is 2. The lowest BCUT2D eigenvalue weighted by molar-refractivity contribution is -0.136. The quantitative estimate of drug-likeness (QED) is 0.473. The fraction of sp³-hybridized carbons (Fsp3) is 0.500. The Morgan fingerprint density at radius 1 is 1.27 bits per heavy atom. The zero-order valence-corrected chi connectivity index (χ0v) is 18.9. The molecule has 2 rings (SSSR count). The molecule has 0 aliphatic carbocycles. The topological polar surface area (TPSA) is 87.7 Å². The lowest BCUT2D eigenvalue weighted by atomic mass is 9.94. The van der Waals surface area contributed by atoms with Gasteiger partial charge in [0.2, 0.25) is 5.91 Å². The Morgan fingerprint density at radius 2 is 1.90 bits per heavy atom. The molecule has 30 heavy (non-hydrogen) atoms. The molecule has 1 aromatic carbocycles. The number of nitrogens with zero attached hydrogens (tertiary/aromatic N) is 1. The minimum atomic E-state index is -0.697. The highest BCUT2D eigenvalue weighted by molar-refractivity contribution is 6.20. The van der Waals surface area contributed by atoms with Gasteiger partial charge in [-0.3, -0.25) is 9.69 Å². The zero-order chi connectivity index (χ0) is 22.5. The molecule has 164 valence electrons. The molecule has 1 aromatic rings. The highest BCUT2D eigenvalue weighted by Gasteiger charge is 2.36. The molecule has 3 amide bonds. The molecule has 7 nitrogen and oxygen atoms in total. The molecular weight excluding hydrogens is 406 g/mol. The third-order valence-electron chi connectivity index (χ3n) is 5.19. The highest BCUT2D eigenvalue weighted by atomic mass is 35.5. The number of alkyl halides is 1. The lowest BCUT2D eigenvalue weighted by Gasteiger charge is -2.35.